The van der Waals surface area contributed by atoms with E-state index >= 15 is 0 Å². The lowest BCUT2D eigenvalue weighted by molar-refractivity contribution is -0.212. The fourth-order valence-electron chi connectivity index (χ4n) is 9.22. The van der Waals surface area contributed by atoms with Crippen molar-refractivity contribution < 1.29 is 24.5 Å². The number of ether oxygens (including phenoxy) is 2. The highest BCUT2D eigenvalue weighted by Gasteiger charge is 2.65. The minimum atomic E-state index is -0.318. The Hall–Kier alpha value is -0.650. The summed E-state index contributed by atoms with van der Waals surface area (Å²) in [4.78, 5) is 12.2. The van der Waals surface area contributed by atoms with E-state index in [0.29, 0.717) is 41.9 Å². The van der Waals surface area contributed by atoms with E-state index in [0.717, 1.165) is 51.4 Å². The first-order valence-electron chi connectivity index (χ1n) is 13.6. The molecule has 11 atom stereocenters. The van der Waals surface area contributed by atoms with Crippen LogP contribution in [-0.4, -0.2) is 47.7 Å². The standard InChI is InChI=1S/C28H48O5/c1-16(2)33-25(31)10-7-17(3)20-8-9-21-26-22(15-24(30)28(20,21)5)27(4)12-11-19(29)13-18(27)14-23(26)32-6/h16-24,26,29-30H,7-15H2,1-6H3/t17-,18+,19-,20-,21+,22+,23-,24+,26+,27+,28-/m1/s1. The molecule has 0 amide bonds. The second-order valence-electron chi connectivity index (χ2n) is 12.8. The first kappa shape index (κ1) is 25.4. The Morgan fingerprint density at radius 3 is 2.42 bits per heavy atom. The van der Waals surface area contributed by atoms with E-state index in [4.69, 9.17) is 9.47 Å². The maximum absolute atomic E-state index is 12.2. The monoisotopic (exact) mass is 464 g/mol. The van der Waals surface area contributed by atoms with Crippen LogP contribution in [0.5, 0.6) is 0 Å². The van der Waals surface area contributed by atoms with Crippen molar-refractivity contribution in [1.29, 1.82) is 0 Å². The normalized spacial score (nSPS) is 48.0. The number of methoxy groups -OCH3 is 1. The summed E-state index contributed by atoms with van der Waals surface area (Å²) in [6.45, 7) is 10.8. The van der Waals surface area contributed by atoms with Crippen LogP contribution in [0.1, 0.15) is 92.4 Å². The maximum atomic E-state index is 12.2. The molecule has 0 unspecified atom stereocenters. The molecule has 0 aromatic heterocycles. The number of carbonyl (C=O) groups is 1. The molecule has 33 heavy (non-hydrogen) atoms. The SMILES string of the molecule is CO[C@@H]1C[C@@H]2C[C@H](O)CC[C@]2(C)[C@H]2C[C@H](O)[C@]3(C)[C@@H]([C@H](C)CCC(=O)OC(C)C)CC[C@H]3[C@H]12. The van der Waals surface area contributed by atoms with E-state index < -0.39 is 0 Å². The minimum Gasteiger partial charge on any atom is -0.463 e. The molecule has 0 aliphatic heterocycles. The van der Waals surface area contributed by atoms with Gasteiger partial charge < -0.3 is 19.7 Å². The van der Waals surface area contributed by atoms with E-state index in [1.807, 2.05) is 21.0 Å². The third-order valence-electron chi connectivity index (χ3n) is 11.0. The molecule has 4 aliphatic carbocycles. The quantitative estimate of drug-likeness (QED) is 0.543. The second kappa shape index (κ2) is 9.43. The van der Waals surface area contributed by atoms with Crippen molar-refractivity contribution in [2.75, 3.05) is 7.11 Å². The lowest BCUT2D eigenvalue weighted by atomic mass is 9.43. The van der Waals surface area contributed by atoms with Crippen molar-refractivity contribution in [3.8, 4) is 0 Å². The molecule has 0 radical (unpaired) electrons. The number of esters is 1. The van der Waals surface area contributed by atoms with Crippen molar-refractivity contribution in [3.63, 3.8) is 0 Å². The predicted molar refractivity (Wildman–Crippen MR) is 128 cm³/mol. The van der Waals surface area contributed by atoms with Gasteiger partial charge in [0.1, 0.15) is 0 Å². The van der Waals surface area contributed by atoms with Crippen molar-refractivity contribution >= 4 is 5.97 Å². The van der Waals surface area contributed by atoms with Crippen molar-refractivity contribution in [3.05, 3.63) is 0 Å². The molecule has 0 aromatic carbocycles. The summed E-state index contributed by atoms with van der Waals surface area (Å²) in [7, 11) is 1.86. The number of aliphatic hydroxyl groups excluding tert-OH is 2. The first-order chi connectivity index (χ1) is 15.5. The van der Waals surface area contributed by atoms with Gasteiger partial charge in [-0.3, -0.25) is 4.79 Å². The van der Waals surface area contributed by atoms with Gasteiger partial charge in [-0.25, -0.2) is 0 Å². The molecule has 0 heterocycles. The largest absolute Gasteiger partial charge is 0.463 e. The second-order valence-corrected chi connectivity index (χ2v) is 12.8. The summed E-state index contributed by atoms with van der Waals surface area (Å²) < 4.78 is 11.5. The molecule has 4 rings (SSSR count). The van der Waals surface area contributed by atoms with Crippen LogP contribution in [0.4, 0.5) is 0 Å². The molecule has 4 aliphatic rings. The van der Waals surface area contributed by atoms with Crippen LogP contribution in [0, 0.1) is 46.3 Å². The van der Waals surface area contributed by atoms with Gasteiger partial charge in [0.15, 0.2) is 0 Å². The molecular formula is C28H48O5. The maximum Gasteiger partial charge on any atom is 0.306 e. The van der Waals surface area contributed by atoms with Crippen molar-refractivity contribution in [2.45, 2.75) is 117 Å². The van der Waals surface area contributed by atoms with Gasteiger partial charge in [-0.05, 0) is 112 Å². The lowest BCUT2D eigenvalue weighted by Crippen LogP contribution is -2.62. The average Bonchev–Trinajstić information content (AvgIpc) is 3.11. The minimum absolute atomic E-state index is 0.0679. The Bertz CT molecular complexity index is 708. The van der Waals surface area contributed by atoms with Crippen LogP contribution >= 0.6 is 0 Å². The van der Waals surface area contributed by atoms with Gasteiger partial charge in [0, 0.05) is 13.5 Å². The van der Waals surface area contributed by atoms with E-state index in [2.05, 4.69) is 20.8 Å². The summed E-state index contributed by atoms with van der Waals surface area (Å²) >= 11 is 0. The Kier molecular flexibility index (Phi) is 7.27. The lowest BCUT2D eigenvalue weighted by Gasteiger charge is -2.64. The molecule has 5 nitrogen and oxygen atoms in total. The first-order valence-corrected chi connectivity index (χ1v) is 13.6. The van der Waals surface area contributed by atoms with Gasteiger partial charge in [0.2, 0.25) is 0 Å². The van der Waals surface area contributed by atoms with Crippen molar-refractivity contribution in [2.24, 2.45) is 46.3 Å². The van der Waals surface area contributed by atoms with E-state index in [9.17, 15) is 15.0 Å². The molecule has 0 bridgehead atoms. The van der Waals surface area contributed by atoms with Crippen LogP contribution in [0.25, 0.3) is 0 Å². The Morgan fingerprint density at radius 1 is 1.03 bits per heavy atom. The Labute approximate surface area is 201 Å². The van der Waals surface area contributed by atoms with Gasteiger partial charge in [-0.15, -0.1) is 0 Å². The van der Waals surface area contributed by atoms with E-state index in [-0.39, 0.29) is 41.2 Å². The summed E-state index contributed by atoms with van der Waals surface area (Å²) in [6, 6.07) is 0. The van der Waals surface area contributed by atoms with Crippen LogP contribution in [0.2, 0.25) is 0 Å². The van der Waals surface area contributed by atoms with E-state index in [1.165, 1.54) is 0 Å². The number of carbonyl (C=O) groups excluding carboxylic acids is 1. The van der Waals surface area contributed by atoms with Crippen LogP contribution < -0.4 is 0 Å². The molecule has 0 aromatic rings. The van der Waals surface area contributed by atoms with Crippen molar-refractivity contribution in [1.82, 2.24) is 0 Å². The fraction of sp³-hybridized carbons (Fsp3) is 0.964. The van der Waals surface area contributed by atoms with Gasteiger partial charge in [-0.1, -0.05) is 20.8 Å². The zero-order chi connectivity index (χ0) is 24.1. The summed E-state index contributed by atoms with van der Waals surface area (Å²) in [5.74, 6) is 2.55. The van der Waals surface area contributed by atoms with Gasteiger partial charge in [0.05, 0.1) is 24.4 Å². The predicted octanol–water partition coefficient (Wildman–Crippen LogP) is 4.97. The number of fused-ring (bicyclic) bond motifs is 5. The molecule has 2 N–H and O–H groups in total. The Morgan fingerprint density at radius 2 is 1.76 bits per heavy atom. The van der Waals surface area contributed by atoms with Crippen LogP contribution in [0.3, 0.4) is 0 Å². The smallest absolute Gasteiger partial charge is 0.306 e. The summed E-state index contributed by atoms with van der Waals surface area (Å²) in [6.07, 6.45) is 7.90. The number of rotatable bonds is 6. The summed E-state index contributed by atoms with van der Waals surface area (Å²) in [5.41, 5.74) is 0.0578. The van der Waals surface area contributed by atoms with Gasteiger partial charge >= 0.3 is 5.97 Å². The van der Waals surface area contributed by atoms with Crippen LogP contribution in [-0.2, 0) is 14.3 Å². The molecule has 5 heteroatoms. The van der Waals surface area contributed by atoms with E-state index in [1.54, 1.807) is 0 Å². The number of hydrogen-bond acceptors (Lipinski definition) is 5. The highest BCUT2D eigenvalue weighted by atomic mass is 16.5. The third-order valence-corrected chi connectivity index (χ3v) is 11.0. The highest BCUT2D eigenvalue weighted by molar-refractivity contribution is 5.69. The fourth-order valence-corrected chi connectivity index (χ4v) is 9.22. The van der Waals surface area contributed by atoms with Gasteiger partial charge in [0.25, 0.3) is 0 Å². The third kappa shape index (κ3) is 4.29. The highest BCUT2D eigenvalue weighted by Crippen LogP contribution is 2.68. The molecule has 190 valence electrons. The number of aliphatic hydroxyl groups is 2. The topological polar surface area (TPSA) is 76.0 Å². The average molecular weight is 465 g/mol. The molecular weight excluding hydrogens is 416 g/mol. The Balaban J connectivity index is 1.55. The molecule has 0 spiro atoms. The zero-order valence-corrected chi connectivity index (χ0v) is 21.8. The number of hydrogen-bond donors (Lipinski definition) is 2. The van der Waals surface area contributed by atoms with Crippen LogP contribution in [0.15, 0.2) is 0 Å². The van der Waals surface area contributed by atoms with Gasteiger partial charge in [-0.2, -0.15) is 0 Å². The molecule has 0 saturated heterocycles. The molecule has 4 fully saturated rings. The zero-order valence-electron chi connectivity index (χ0n) is 21.8. The molecule has 4 saturated carbocycles. The summed E-state index contributed by atoms with van der Waals surface area (Å²) in [5, 5.41) is 22.1.